The maximum Gasteiger partial charge on any atom is 0.293 e. The van der Waals surface area contributed by atoms with E-state index in [4.69, 9.17) is 0 Å². The number of nitrogens with one attached hydrogen (secondary N) is 1. The van der Waals surface area contributed by atoms with Crippen molar-refractivity contribution in [2.45, 2.75) is 6.92 Å². The molecule has 0 saturated carbocycles. The summed E-state index contributed by atoms with van der Waals surface area (Å²) in [7, 11) is 0. The number of hydrogen-bond donors (Lipinski definition) is 1. The van der Waals surface area contributed by atoms with Crippen molar-refractivity contribution < 1.29 is 14.4 Å². The van der Waals surface area contributed by atoms with Crippen LogP contribution in [0.15, 0.2) is 59.5 Å². The molecule has 1 aliphatic rings. The van der Waals surface area contributed by atoms with Gasteiger partial charge in [0.2, 0.25) is 0 Å². The van der Waals surface area contributed by atoms with Crippen molar-refractivity contribution in [3.8, 4) is 0 Å². The second-order valence-corrected chi connectivity index (χ2v) is 6.86. The molecule has 0 bridgehead atoms. The first kappa shape index (κ1) is 17.9. The van der Waals surface area contributed by atoms with Crippen molar-refractivity contribution in [2.24, 2.45) is 0 Å². The fourth-order valence-corrected chi connectivity index (χ4v) is 3.43. The van der Waals surface area contributed by atoms with Crippen molar-refractivity contribution in [3.63, 3.8) is 0 Å². The number of carbonyl (C=O) groups is 3. The molecule has 6 heteroatoms. The predicted molar refractivity (Wildman–Crippen MR) is 103 cm³/mol. The smallest absolute Gasteiger partial charge is 0.293 e. The highest BCUT2D eigenvalue weighted by molar-refractivity contribution is 8.18. The molecular weight excluding hydrogens is 348 g/mol. The Morgan fingerprint density at radius 1 is 1.12 bits per heavy atom. The van der Waals surface area contributed by atoms with Crippen molar-refractivity contribution in [3.05, 3.63) is 76.2 Å². The molecule has 0 aliphatic carbocycles. The quantitative estimate of drug-likeness (QED) is 0.823. The van der Waals surface area contributed by atoms with E-state index >= 15 is 0 Å². The number of amides is 3. The molecule has 2 aromatic rings. The minimum Gasteiger partial charge on any atom is -0.350 e. The van der Waals surface area contributed by atoms with Gasteiger partial charge in [0.15, 0.2) is 0 Å². The van der Waals surface area contributed by atoms with E-state index in [9.17, 15) is 14.4 Å². The highest BCUT2D eigenvalue weighted by Crippen LogP contribution is 2.31. The zero-order valence-corrected chi connectivity index (χ0v) is 15.1. The average molecular weight is 366 g/mol. The Hall–Kier alpha value is -2.86. The number of nitrogens with zero attached hydrogens (tertiary/aromatic N) is 1. The van der Waals surface area contributed by atoms with Gasteiger partial charge in [0.25, 0.3) is 17.1 Å². The third-order valence-electron chi connectivity index (χ3n) is 3.87. The second-order valence-electron chi connectivity index (χ2n) is 5.87. The molecule has 0 atom stereocenters. The minimum absolute atomic E-state index is 0.147. The Morgan fingerprint density at radius 2 is 1.88 bits per heavy atom. The van der Waals surface area contributed by atoms with Gasteiger partial charge in [0, 0.05) is 18.7 Å². The molecule has 1 fully saturated rings. The van der Waals surface area contributed by atoms with E-state index in [0.29, 0.717) is 10.5 Å². The standard InChI is InChI=1S/C20H18N2O3S/c1-14-6-5-9-16(12-14)18(23)21-10-11-22-19(24)17(26-20(22)25)13-15-7-3-2-4-8-15/h2-9,12-13H,10-11H2,1H3,(H,21,23). The van der Waals surface area contributed by atoms with Gasteiger partial charge >= 0.3 is 0 Å². The third kappa shape index (κ3) is 4.21. The Balaban J connectivity index is 1.58. The lowest BCUT2D eigenvalue weighted by atomic mass is 10.1. The lowest BCUT2D eigenvalue weighted by molar-refractivity contribution is -0.122. The van der Waals surface area contributed by atoms with E-state index in [1.54, 1.807) is 18.2 Å². The average Bonchev–Trinajstić information content (AvgIpc) is 2.90. The predicted octanol–water partition coefficient (Wildman–Crippen LogP) is 3.46. The SMILES string of the molecule is Cc1cccc(C(=O)NCCN2C(=O)SC(=Cc3ccccc3)C2=O)c1. The van der Waals surface area contributed by atoms with E-state index in [1.807, 2.05) is 49.4 Å². The van der Waals surface area contributed by atoms with Crippen LogP contribution >= 0.6 is 11.8 Å². The van der Waals surface area contributed by atoms with Gasteiger partial charge in [-0.3, -0.25) is 19.3 Å². The van der Waals surface area contributed by atoms with Crippen LogP contribution in [-0.4, -0.2) is 35.0 Å². The summed E-state index contributed by atoms with van der Waals surface area (Å²) in [5.74, 6) is -0.547. The number of aryl methyl sites for hydroxylation is 1. The van der Waals surface area contributed by atoms with Crippen LogP contribution in [0, 0.1) is 6.92 Å². The van der Waals surface area contributed by atoms with Crippen LogP contribution in [0.3, 0.4) is 0 Å². The number of thioether (sulfide) groups is 1. The number of rotatable bonds is 5. The maximum atomic E-state index is 12.4. The Kier molecular flexibility index (Phi) is 5.53. The highest BCUT2D eigenvalue weighted by Gasteiger charge is 2.34. The molecule has 0 unspecified atom stereocenters. The normalized spacial score (nSPS) is 15.6. The molecule has 26 heavy (non-hydrogen) atoms. The van der Waals surface area contributed by atoms with Crippen LogP contribution in [0.25, 0.3) is 6.08 Å². The largest absolute Gasteiger partial charge is 0.350 e. The molecule has 0 spiro atoms. The van der Waals surface area contributed by atoms with Gasteiger partial charge in [-0.15, -0.1) is 0 Å². The summed E-state index contributed by atoms with van der Waals surface area (Å²) >= 11 is 0.920. The molecule has 0 radical (unpaired) electrons. The summed E-state index contributed by atoms with van der Waals surface area (Å²) in [5.41, 5.74) is 2.42. The number of hydrogen-bond acceptors (Lipinski definition) is 4. The molecule has 3 amide bonds. The Labute approximate surface area is 156 Å². The van der Waals surface area contributed by atoms with E-state index in [-0.39, 0.29) is 30.1 Å². The van der Waals surface area contributed by atoms with Gasteiger partial charge in [0.1, 0.15) is 0 Å². The van der Waals surface area contributed by atoms with E-state index < -0.39 is 0 Å². The topological polar surface area (TPSA) is 66.5 Å². The van der Waals surface area contributed by atoms with Gasteiger partial charge in [-0.25, -0.2) is 0 Å². The molecule has 1 N–H and O–H groups in total. The molecule has 0 aromatic heterocycles. The summed E-state index contributed by atoms with van der Waals surface area (Å²) in [6.07, 6.45) is 1.70. The third-order valence-corrected chi connectivity index (χ3v) is 4.78. The number of benzene rings is 2. The van der Waals surface area contributed by atoms with Crippen molar-refractivity contribution >= 4 is 34.9 Å². The zero-order chi connectivity index (χ0) is 18.5. The van der Waals surface area contributed by atoms with Gasteiger partial charge in [-0.2, -0.15) is 0 Å². The summed E-state index contributed by atoms with van der Waals surface area (Å²) in [5, 5.41) is 2.43. The maximum absolute atomic E-state index is 12.4. The van der Waals surface area contributed by atoms with Crippen LogP contribution in [0.1, 0.15) is 21.5 Å². The van der Waals surface area contributed by atoms with Crippen LogP contribution in [0.2, 0.25) is 0 Å². The summed E-state index contributed by atoms with van der Waals surface area (Å²) in [6, 6.07) is 16.6. The second kappa shape index (κ2) is 8.01. The summed E-state index contributed by atoms with van der Waals surface area (Å²) in [4.78, 5) is 38.2. The summed E-state index contributed by atoms with van der Waals surface area (Å²) < 4.78 is 0. The molecule has 132 valence electrons. The van der Waals surface area contributed by atoms with Crippen molar-refractivity contribution in [2.75, 3.05) is 13.1 Å². The van der Waals surface area contributed by atoms with Crippen LogP contribution in [0.5, 0.6) is 0 Å². The van der Waals surface area contributed by atoms with Gasteiger partial charge < -0.3 is 5.32 Å². The first-order valence-corrected chi connectivity index (χ1v) is 9.01. The summed E-state index contributed by atoms with van der Waals surface area (Å²) in [6.45, 7) is 2.27. The fourth-order valence-electron chi connectivity index (χ4n) is 2.56. The van der Waals surface area contributed by atoms with Crippen molar-refractivity contribution in [1.29, 1.82) is 0 Å². The van der Waals surface area contributed by atoms with Gasteiger partial charge in [-0.05, 0) is 42.5 Å². The van der Waals surface area contributed by atoms with E-state index in [1.165, 1.54) is 0 Å². The van der Waals surface area contributed by atoms with E-state index in [2.05, 4.69) is 5.32 Å². The molecule has 1 heterocycles. The Bertz CT molecular complexity index is 878. The molecule has 2 aromatic carbocycles. The number of imide groups is 1. The van der Waals surface area contributed by atoms with Crippen LogP contribution < -0.4 is 5.32 Å². The van der Waals surface area contributed by atoms with Crippen LogP contribution in [0.4, 0.5) is 4.79 Å². The number of carbonyl (C=O) groups excluding carboxylic acids is 3. The fraction of sp³-hybridized carbons (Fsp3) is 0.150. The molecule has 1 saturated heterocycles. The first-order chi connectivity index (χ1) is 12.5. The molecule has 5 nitrogen and oxygen atoms in total. The monoisotopic (exact) mass is 366 g/mol. The highest BCUT2D eigenvalue weighted by atomic mass is 32.2. The lowest BCUT2D eigenvalue weighted by Gasteiger charge is -2.13. The molecule has 1 aliphatic heterocycles. The molecular formula is C20H18N2O3S. The van der Waals surface area contributed by atoms with Gasteiger partial charge in [-0.1, -0.05) is 48.0 Å². The minimum atomic E-state index is -0.325. The zero-order valence-electron chi connectivity index (χ0n) is 14.3. The van der Waals surface area contributed by atoms with E-state index in [0.717, 1.165) is 27.8 Å². The van der Waals surface area contributed by atoms with Crippen molar-refractivity contribution in [1.82, 2.24) is 10.2 Å². The van der Waals surface area contributed by atoms with Gasteiger partial charge in [0.05, 0.1) is 4.91 Å². The first-order valence-electron chi connectivity index (χ1n) is 8.20. The van der Waals surface area contributed by atoms with Crippen LogP contribution in [-0.2, 0) is 4.79 Å². The lowest BCUT2D eigenvalue weighted by Crippen LogP contribution is -2.37. The Morgan fingerprint density at radius 3 is 2.62 bits per heavy atom. The molecule has 3 rings (SSSR count).